The van der Waals surface area contributed by atoms with Crippen molar-refractivity contribution in [2.45, 2.75) is 19.4 Å². The largest absolute Gasteiger partial charge is 0.504 e. The molecule has 0 spiro atoms. The minimum absolute atomic E-state index is 0.179. The smallest absolute Gasteiger partial charge is 0.252 e. The number of nitriles is 1. The van der Waals surface area contributed by atoms with Crippen molar-refractivity contribution in [3.05, 3.63) is 23.8 Å². The van der Waals surface area contributed by atoms with Gasteiger partial charge in [0.2, 0.25) is 0 Å². The van der Waals surface area contributed by atoms with Crippen LogP contribution >= 0.6 is 0 Å². The summed E-state index contributed by atoms with van der Waals surface area (Å²) in [5.74, 6) is -1.15. The molecular weight excluding hydrogens is 208 g/mol. The fourth-order valence-electron chi connectivity index (χ4n) is 1.05. The molecule has 0 aliphatic heterocycles. The lowest BCUT2D eigenvalue weighted by molar-refractivity contribution is 0.0929. The zero-order chi connectivity index (χ0) is 12.3. The monoisotopic (exact) mass is 220 g/mol. The zero-order valence-corrected chi connectivity index (χ0v) is 8.98. The summed E-state index contributed by atoms with van der Waals surface area (Å²) >= 11 is 0. The Labute approximate surface area is 92.9 Å². The highest BCUT2D eigenvalue weighted by Crippen LogP contribution is 2.24. The number of nitrogens with zero attached hydrogens (tertiary/aromatic N) is 1. The van der Waals surface area contributed by atoms with Crippen LogP contribution in [0.1, 0.15) is 24.2 Å². The van der Waals surface area contributed by atoms with Crippen molar-refractivity contribution in [2.24, 2.45) is 0 Å². The Bertz CT molecular complexity index is 461. The van der Waals surface area contributed by atoms with Crippen LogP contribution < -0.4 is 5.32 Å². The molecule has 0 aliphatic rings. The molecule has 0 saturated carbocycles. The van der Waals surface area contributed by atoms with Gasteiger partial charge in [-0.3, -0.25) is 4.79 Å². The second kappa shape index (κ2) is 4.11. The molecule has 0 bridgehead atoms. The highest BCUT2D eigenvalue weighted by Gasteiger charge is 2.20. The first-order valence-electron chi connectivity index (χ1n) is 4.61. The van der Waals surface area contributed by atoms with Gasteiger partial charge in [-0.1, -0.05) is 0 Å². The van der Waals surface area contributed by atoms with Gasteiger partial charge in [0.25, 0.3) is 5.91 Å². The van der Waals surface area contributed by atoms with Gasteiger partial charge in [-0.2, -0.15) is 5.26 Å². The lowest BCUT2D eigenvalue weighted by atomic mass is 10.1. The molecule has 1 aromatic carbocycles. The van der Waals surface area contributed by atoms with E-state index in [9.17, 15) is 9.90 Å². The van der Waals surface area contributed by atoms with E-state index in [1.165, 1.54) is 12.1 Å². The highest BCUT2D eigenvalue weighted by molar-refractivity contribution is 5.95. The van der Waals surface area contributed by atoms with Crippen molar-refractivity contribution >= 4 is 5.91 Å². The second-order valence-corrected chi connectivity index (χ2v) is 3.89. The molecular formula is C11H12N2O3. The SMILES string of the molecule is CC(C)(C#N)NC(=O)c1ccc(O)c(O)c1. The summed E-state index contributed by atoms with van der Waals surface area (Å²) in [6.45, 7) is 3.12. The fourth-order valence-corrected chi connectivity index (χ4v) is 1.05. The van der Waals surface area contributed by atoms with Crippen LogP contribution in [0.3, 0.4) is 0 Å². The summed E-state index contributed by atoms with van der Waals surface area (Å²) in [6, 6.07) is 5.63. The van der Waals surface area contributed by atoms with E-state index in [4.69, 9.17) is 10.4 Å². The maximum absolute atomic E-state index is 11.6. The minimum atomic E-state index is -0.982. The number of nitrogens with one attached hydrogen (secondary N) is 1. The van der Waals surface area contributed by atoms with E-state index in [0.29, 0.717) is 0 Å². The molecule has 0 radical (unpaired) electrons. The summed E-state index contributed by atoms with van der Waals surface area (Å²) in [5, 5.41) is 29.5. The molecule has 84 valence electrons. The molecule has 1 aromatic rings. The number of phenolic OH excluding ortho intramolecular Hbond substituents is 2. The quantitative estimate of drug-likeness (QED) is 0.651. The number of phenols is 2. The Morgan fingerprint density at radius 1 is 1.38 bits per heavy atom. The molecule has 0 aromatic heterocycles. The first-order chi connectivity index (χ1) is 7.35. The van der Waals surface area contributed by atoms with Crippen molar-refractivity contribution in [2.75, 3.05) is 0 Å². The number of rotatable bonds is 2. The molecule has 0 atom stereocenters. The Hall–Kier alpha value is -2.22. The highest BCUT2D eigenvalue weighted by atomic mass is 16.3. The van der Waals surface area contributed by atoms with E-state index in [1.807, 2.05) is 6.07 Å². The van der Waals surface area contributed by atoms with Crippen LogP contribution in [0, 0.1) is 11.3 Å². The molecule has 1 rings (SSSR count). The van der Waals surface area contributed by atoms with Gasteiger partial charge >= 0.3 is 0 Å². The van der Waals surface area contributed by atoms with Crippen LogP contribution in [0.4, 0.5) is 0 Å². The lowest BCUT2D eigenvalue weighted by Crippen LogP contribution is -2.42. The van der Waals surface area contributed by atoms with Crippen LogP contribution in [0.15, 0.2) is 18.2 Å². The van der Waals surface area contributed by atoms with Crippen LogP contribution in [-0.4, -0.2) is 21.7 Å². The van der Waals surface area contributed by atoms with Gasteiger partial charge in [0.1, 0.15) is 5.54 Å². The number of carbonyl (C=O) groups excluding carboxylic acids is 1. The maximum Gasteiger partial charge on any atom is 0.252 e. The van der Waals surface area contributed by atoms with Crippen molar-refractivity contribution < 1.29 is 15.0 Å². The second-order valence-electron chi connectivity index (χ2n) is 3.89. The molecule has 3 N–H and O–H groups in total. The first-order valence-corrected chi connectivity index (χ1v) is 4.61. The average Bonchev–Trinajstić information content (AvgIpc) is 2.21. The summed E-state index contributed by atoms with van der Waals surface area (Å²) in [7, 11) is 0. The average molecular weight is 220 g/mol. The number of aromatic hydroxyl groups is 2. The maximum atomic E-state index is 11.6. The van der Waals surface area contributed by atoms with Gasteiger partial charge in [-0.15, -0.1) is 0 Å². The summed E-state index contributed by atoms with van der Waals surface area (Å²) in [5.41, 5.74) is -0.802. The third kappa shape index (κ3) is 2.64. The number of benzene rings is 1. The molecule has 0 saturated heterocycles. The van der Waals surface area contributed by atoms with Gasteiger partial charge in [0.15, 0.2) is 11.5 Å². The first kappa shape index (κ1) is 11.9. The molecule has 5 nitrogen and oxygen atoms in total. The Balaban J connectivity index is 2.91. The number of amides is 1. The molecule has 0 heterocycles. The van der Waals surface area contributed by atoms with E-state index >= 15 is 0 Å². The Kier molecular flexibility index (Phi) is 3.04. The zero-order valence-electron chi connectivity index (χ0n) is 8.98. The van der Waals surface area contributed by atoms with E-state index in [2.05, 4.69) is 5.32 Å². The van der Waals surface area contributed by atoms with Gasteiger partial charge in [0.05, 0.1) is 6.07 Å². The van der Waals surface area contributed by atoms with Crippen molar-refractivity contribution in [3.8, 4) is 17.6 Å². The van der Waals surface area contributed by atoms with E-state index in [-0.39, 0.29) is 17.1 Å². The van der Waals surface area contributed by atoms with Crippen molar-refractivity contribution in [1.82, 2.24) is 5.32 Å². The third-order valence-corrected chi connectivity index (χ3v) is 1.94. The molecule has 0 fully saturated rings. The Morgan fingerprint density at radius 3 is 2.50 bits per heavy atom. The van der Waals surface area contributed by atoms with E-state index < -0.39 is 11.4 Å². The summed E-state index contributed by atoms with van der Waals surface area (Å²) in [6.07, 6.45) is 0. The third-order valence-electron chi connectivity index (χ3n) is 1.94. The van der Waals surface area contributed by atoms with E-state index in [0.717, 1.165) is 6.07 Å². The normalized spacial score (nSPS) is 10.6. The van der Waals surface area contributed by atoms with Crippen LogP contribution in [0.2, 0.25) is 0 Å². The van der Waals surface area contributed by atoms with Gasteiger partial charge in [-0.05, 0) is 32.0 Å². The Morgan fingerprint density at radius 2 is 2.00 bits per heavy atom. The summed E-state index contributed by atoms with van der Waals surface area (Å²) < 4.78 is 0. The van der Waals surface area contributed by atoms with Crippen molar-refractivity contribution in [3.63, 3.8) is 0 Å². The molecule has 0 unspecified atom stereocenters. The fraction of sp³-hybridized carbons (Fsp3) is 0.273. The van der Waals surface area contributed by atoms with Crippen LogP contribution in [0.25, 0.3) is 0 Å². The molecule has 0 aliphatic carbocycles. The molecule has 1 amide bonds. The number of hydrogen-bond donors (Lipinski definition) is 3. The van der Waals surface area contributed by atoms with E-state index in [1.54, 1.807) is 13.8 Å². The molecule has 5 heteroatoms. The summed E-state index contributed by atoms with van der Waals surface area (Å²) in [4.78, 5) is 11.6. The van der Waals surface area contributed by atoms with Crippen LogP contribution in [-0.2, 0) is 0 Å². The van der Waals surface area contributed by atoms with Crippen molar-refractivity contribution in [1.29, 1.82) is 5.26 Å². The standard InChI is InChI=1S/C11H12N2O3/c1-11(2,6-12)13-10(16)7-3-4-8(14)9(15)5-7/h3-5,14-15H,1-2H3,(H,13,16). The number of hydrogen-bond acceptors (Lipinski definition) is 4. The van der Waals surface area contributed by atoms with Gasteiger partial charge < -0.3 is 15.5 Å². The predicted molar refractivity (Wildman–Crippen MR) is 56.9 cm³/mol. The van der Waals surface area contributed by atoms with Gasteiger partial charge in [0, 0.05) is 5.56 Å². The molecule has 16 heavy (non-hydrogen) atoms. The topological polar surface area (TPSA) is 93.4 Å². The van der Waals surface area contributed by atoms with Crippen LogP contribution in [0.5, 0.6) is 11.5 Å². The predicted octanol–water partition coefficient (Wildman–Crippen LogP) is 1.13. The van der Waals surface area contributed by atoms with Gasteiger partial charge in [-0.25, -0.2) is 0 Å². The minimum Gasteiger partial charge on any atom is -0.504 e. The number of carbonyl (C=O) groups is 1. The lowest BCUT2D eigenvalue weighted by Gasteiger charge is -2.17.